The van der Waals surface area contributed by atoms with E-state index >= 15 is 0 Å². The molecule has 5 nitrogen and oxygen atoms in total. The molecular weight excluding hydrogens is 570 g/mol. The van der Waals surface area contributed by atoms with Gasteiger partial charge in [-0.2, -0.15) is 0 Å². The van der Waals surface area contributed by atoms with Gasteiger partial charge < -0.3 is 4.74 Å². The zero-order valence-corrected chi connectivity index (χ0v) is 24.9. The molecular formula is C35H33ClF2N2O3. The number of aromatic nitrogens is 2. The van der Waals surface area contributed by atoms with Gasteiger partial charge in [0.15, 0.2) is 0 Å². The molecule has 0 saturated heterocycles. The highest BCUT2D eigenvalue weighted by atomic mass is 35.5. The molecule has 1 aliphatic rings. The molecule has 43 heavy (non-hydrogen) atoms. The smallest absolute Gasteiger partial charge is 0.331 e. The minimum Gasteiger partial charge on any atom is -0.462 e. The molecule has 1 aliphatic carbocycles. The first-order chi connectivity index (χ1) is 20.5. The maximum absolute atomic E-state index is 14.1. The van der Waals surface area contributed by atoms with Crippen molar-refractivity contribution in [1.29, 1.82) is 0 Å². The molecule has 1 aromatic heterocycles. The third-order valence-electron chi connectivity index (χ3n) is 8.24. The van der Waals surface area contributed by atoms with E-state index in [4.69, 9.17) is 16.3 Å². The quantitative estimate of drug-likeness (QED) is 0.170. The Morgan fingerprint density at radius 2 is 1.70 bits per heavy atom. The fourth-order valence-electron chi connectivity index (χ4n) is 5.64. The Balaban J connectivity index is 1.51. The highest BCUT2D eigenvalue weighted by molar-refractivity contribution is 6.30. The maximum Gasteiger partial charge on any atom is 0.331 e. The van der Waals surface area contributed by atoms with Crippen molar-refractivity contribution in [3.8, 4) is 5.75 Å². The fraction of sp³-hybridized carbons (Fsp3) is 0.257. The van der Waals surface area contributed by atoms with E-state index in [1.54, 1.807) is 41.0 Å². The topological polar surface area (TPSA) is 53.2 Å². The molecule has 1 saturated carbocycles. The van der Waals surface area contributed by atoms with Crippen LogP contribution in [-0.4, -0.2) is 15.1 Å². The lowest BCUT2D eigenvalue weighted by molar-refractivity contribution is 0.0963. The van der Waals surface area contributed by atoms with Gasteiger partial charge >= 0.3 is 5.69 Å². The van der Waals surface area contributed by atoms with Crippen molar-refractivity contribution in [1.82, 2.24) is 9.13 Å². The highest BCUT2D eigenvalue weighted by Crippen LogP contribution is 2.61. The summed E-state index contributed by atoms with van der Waals surface area (Å²) in [7, 11) is 1.46. The molecule has 1 unspecified atom stereocenters. The van der Waals surface area contributed by atoms with E-state index in [2.05, 4.69) is 13.2 Å². The molecule has 1 fully saturated rings. The number of rotatable bonds is 11. The molecule has 4 aromatic rings. The lowest BCUT2D eigenvalue weighted by Gasteiger charge is -2.23. The van der Waals surface area contributed by atoms with Crippen LogP contribution in [0.3, 0.4) is 0 Å². The molecule has 1 heterocycles. The standard InChI is InChI=1S/C35H33ClF2N2O3/c1-5-31-30(33(41)39(4)34(42)40(31)21-25-10-7-6-8-11-25)20-27(18-24-14-16-28(36)17-15-24)23(3)43-29-13-9-12-26(19-29)32-22(2)35(32,37)38/h5-17,19,22,27,32H,1,3,18,20-21H2,2,4H3/t22-,27?,32-/m1/s1. The van der Waals surface area contributed by atoms with Crippen molar-refractivity contribution in [2.75, 3.05) is 0 Å². The summed E-state index contributed by atoms with van der Waals surface area (Å²) in [4.78, 5) is 26.8. The average Bonchev–Trinajstić information content (AvgIpc) is 3.51. The van der Waals surface area contributed by atoms with Gasteiger partial charge in [0.05, 0.1) is 18.2 Å². The SMILES string of the molecule is C=Cc1c(CC(Cc2ccc(Cl)cc2)C(=C)Oc2cccc([C@H]3[C@@H](C)C3(F)F)c2)c(=O)n(C)c(=O)n1Cc1ccccc1. The Hall–Kier alpha value is -4.23. The lowest BCUT2D eigenvalue weighted by atomic mass is 9.90. The minimum atomic E-state index is -2.74. The van der Waals surface area contributed by atoms with Crippen LogP contribution < -0.4 is 16.0 Å². The number of halogens is 3. The van der Waals surface area contributed by atoms with E-state index in [0.717, 1.165) is 15.7 Å². The van der Waals surface area contributed by atoms with Crippen molar-refractivity contribution in [3.05, 3.63) is 152 Å². The number of hydrogen-bond acceptors (Lipinski definition) is 3. The number of hydrogen-bond donors (Lipinski definition) is 0. The van der Waals surface area contributed by atoms with Gasteiger partial charge in [-0.25, -0.2) is 13.6 Å². The summed E-state index contributed by atoms with van der Waals surface area (Å²) in [6.45, 7) is 9.94. The van der Waals surface area contributed by atoms with Gasteiger partial charge in [0.25, 0.3) is 11.5 Å². The maximum atomic E-state index is 14.1. The van der Waals surface area contributed by atoms with Gasteiger partial charge in [0.2, 0.25) is 0 Å². The van der Waals surface area contributed by atoms with Gasteiger partial charge in [0.1, 0.15) is 11.5 Å². The predicted molar refractivity (Wildman–Crippen MR) is 167 cm³/mol. The van der Waals surface area contributed by atoms with Crippen molar-refractivity contribution < 1.29 is 13.5 Å². The van der Waals surface area contributed by atoms with Gasteiger partial charge in [-0.1, -0.05) is 86.3 Å². The van der Waals surface area contributed by atoms with E-state index in [9.17, 15) is 18.4 Å². The molecule has 0 radical (unpaired) electrons. The predicted octanol–water partition coefficient (Wildman–Crippen LogP) is 7.25. The molecule has 0 amide bonds. The lowest BCUT2D eigenvalue weighted by Crippen LogP contribution is -2.42. The van der Waals surface area contributed by atoms with Crippen molar-refractivity contribution in [2.45, 2.75) is 38.2 Å². The zero-order chi connectivity index (χ0) is 30.9. The fourth-order valence-corrected chi connectivity index (χ4v) is 5.76. The first-order valence-corrected chi connectivity index (χ1v) is 14.5. The van der Waals surface area contributed by atoms with Crippen LogP contribution in [0.25, 0.3) is 6.08 Å². The van der Waals surface area contributed by atoms with Gasteiger partial charge in [0, 0.05) is 29.5 Å². The molecule has 0 aliphatic heterocycles. The van der Waals surface area contributed by atoms with Crippen LogP contribution in [0, 0.1) is 11.8 Å². The monoisotopic (exact) mass is 602 g/mol. The second-order valence-corrected chi connectivity index (χ2v) is 11.5. The number of benzene rings is 3. The number of alkyl halides is 2. The van der Waals surface area contributed by atoms with Crippen molar-refractivity contribution >= 4 is 17.7 Å². The average molecular weight is 603 g/mol. The normalized spacial score (nSPS) is 17.7. The van der Waals surface area contributed by atoms with Crippen LogP contribution in [0.4, 0.5) is 8.78 Å². The molecule has 5 rings (SSSR count). The zero-order valence-electron chi connectivity index (χ0n) is 24.1. The molecule has 0 N–H and O–H groups in total. The molecule has 8 heteroatoms. The summed E-state index contributed by atoms with van der Waals surface area (Å²) in [5.74, 6) is -3.98. The van der Waals surface area contributed by atoms with E-state index in [1.807, 2.05) is 42.5 Å². The number of ether oxygens (including phenoxy) is 1. The molecule has 3 atom stereocenters. The van der Waals surface area contributed by atoms with Gasteiger partial charge in [-0.3, -0.25) is 13.9 Å². The van der Waals surface area contributed by atoms with Crippen LogP contribution in [0.15, 0.2) is 107 Å². The van der Waals surface area contributed by atoms with Gasteiger partial charge in [-0.15, -0.1) is 0 Å². The van der Waals surface area contributed by atoms with Crippen LogP contribution >= 0.6 is 11.6 Å². The van der Waals surface area contributed by atoms with Crippen molar-refractivity contribution in [2.24, 2.45) is 18.9 Å². The summed E-state index contributed by atoms with van der Waals surface area (Å²) in [5, 5.41) is 0.592. The summed E-state index contributed by atoms with van der Waals surface area (Å²) in [6, 6.07) is 23.5. The van der Waals surface area contributed by atoms with E-state index in [0.29, 0.717) is 39.8 Å². The van der Waals surface area contributed by atoms with E-state index in [-0.39, 0.29) is 13.0 Å². The third-order valence-corrected chi connectivity index (χ3v) is 8.49. The minimum absolute atomic E-state index is 0.196. The summed E-state index contributed by atoms with van der Waals surface area (Å²) >= 11 is 6.12. The molecule has 0 bridgehead atoms. The highest BCUT2D eigenvalue weighted by Gasteiger charge is 2.65. The first kappa shape index (κ1) is 30.2. The molecule has 0 spiro atoms. The number of allylic oxidation sites excluding steroid dienone is 1. The Morgan fingerprint density at radius 3 is 2.33 bits per heavy atom. The summed E-state index contributed by atoms with van der Waals surface area (Å²) in [6.07, 6.45) is 2.18. The Labute approximate surface area is 254 Å². The summed E-state index contributed by atoms with van der Waals surface area (Å²) < 4.78 is 37.1. The van der Waals surface area contributed by atoms with Crippen LogP contribution in [0.5, 0.6) is 5.75 Å². The second kappa shape index (κ2) is 12.2. The molecule has 222 valence electrons. The molecule has 3 aromatic carbocycles. The Kier molecular flexibility index (Phi) is 8.56. The van der Waals surface area contributed by atoms with Crippen LogP contribution in [-0.2, 0) is 26.4 Å². The van der Waals surface area contributed by atoms with E-state index in [1.165, 1.54) is 20.0 Å². The summed E-state index contributed by atoms with van der Waals surface area (Å²) in [5.41, 5.74) is 2.31. The first-order valence-electron chi connectivity index (χ1n) is 14.1. The Bertz CT molecular complexity index is 1780. The van der Waals surface area contributed by atoms with Crippen molar-refractivity contribution in [3.63, 3.8) is 0 Å². The second-order valence-electron chi connectivity index (χ2n) is 11.1. The largest absolute Gasteiger partial charge is 0.462 e. The third kappa shape index (κ3) is 6.27. The van der Waals surface area contributed by atoms with Crippen LogP contribution in [0.1, 0.15) is 40.8 Å². The van der Waals surface area contributed by atoms with Gasteiger partial charge in [-0.05, 0) is 59.9 Å². The van der Waals surface area contributed by atoms with E-state index < -0.39 is 34.9 Å². The van der Waals surface area contributed by atoms with Crippen LogP contribution in [0.2, 0.25) is 5.02 Å². The number of nitrogens with zero attached hydrogens (tertiary/aromatic N) is 2. The Morgan fingerprint density at radius 1 is 1.02 bits per heavy atom.